The second-order valence-electron chi connectivity index (χ2n) is 6.37. The van der Waals surface area contributed by atoms with E-state index in [0.29, 0.717) is 10.9 Å². The van der Waals surface area contributed by atoms with E-state index in [1.165, 1.54) is 0 Å². The minimum atomic E-state index is -3.03. The van der Waals surface area contributed by atoms with Crippen LogP contribution in [-0.2, 0) is 24.8 Å². The highest BCUT2D eigenvalue weighted by atomic mass is 16.6. The molecule has 1 saturated heterocycles. The number of imidazole rings is 1. The molecular weight excluding hydrogens is 366 g/mol. The van der Waals surface area contributed by atoms with E-state index in [9.17, 15) is 34.5 Å². The Labute approximate surface area is 152 Å². The largest absolute Gasteiger partial charge is 0.476 e. The van der Waals surface area contributed by atoms with Gasteiger partial charge in [-0.25, -0.2) is 9.78 Å². The fourth-order valence-corrected chi connectivity index (χ4v) is 3.18. The van der Waals surface area contributed by atoms with Gasteiger partial charge in [0, 0.05) is 0 Å². The van der Waals surface area contributed by atoms with Crippen LogP contribution in [0.3, 0.4) is 0 Å². The van der Waals surface area contributed by atoms with Crippen LogP contribution in [0.25, 0.3) is 0 Å². The first kappa shape index (κ1) is 20.6. The van der Waals surface area contributed by atoms with Gasteiger partial charge in [-0.1, -0.05) is 0 Å². The summed E-state index contributed by atoms with van der Waals surface area (Å²) < 4.78 is 5.65. The number of rotatable bonds is 6. The standard InChI is InChI=1S/C15H19N3O9/c1-6(19)13(24)4-27-12(14(13,25)7(2)20)15(26,8(3)21)18-5-17-9(10(18)16)11(22)23/h5,12,24-26H,4,16H2,1-3H3,(H,22,23)/t12-,13+,14+,15?/m0/s1. The Balaban J connectivity index is 2.77. The van der Waals surface area contributed by atoms with E-state index < -0.39 is 64.5 Å². The van der Waals surface area contributed by atoms with Crippen molar-refractivity contribution in [2.24, 2.45) is 0 Å². The maximum Gasteiger partial charge on any atom is 0.358 e. The molecule has 12 heteroatoms. The molecule has 1 aromatic heterocycles. The fraction of sp³-hybridized carbons (Fsp3) is 0.533. The van der Waals surface area contributed by atoms with Crippen molar-refractivity contribution in [1.29, 1.82) is 0 Å². The molecule has 0 aromatic carbocycles. The summed E-state index contributed by atoms with van der Waals surface area (Å²) in [5, 5.41) is 41.6. The van der Waals surface area contributed by atoms with Gasteiger partial charge in [0.25, 0.3) is 0 Å². The third-order valence-electron chi connectivity index (χ3n) is 4.85. The Kier molecular flexibility index (Phi) is 4.74. The third kappa shape index (κ3) is 2.49. The highest BCUT2D eigenvalue weighted by Gasteiger charge is 2.72. The average molecular weight is 385 g/mol. The van der Waals surface area contributed by atoms with Crippen LogP contribution < -0.4 is 5.73 Å². The van der Waals surface area contributed by atoms with Crippen LogP contribution >= 0.6 is 0 Å². The van der Waals surface area contributed by atoms with Gasteiger partial charge in [0.2, 0.25) is 5.72 Å². The molecule has 0 amide bonds. The van der Waals surface area contributed by atoms with Crippen LogP contribution in [0.2, 0.25) is 0 Å². The van der Waals surface area contributed by atoms with Crippen LogP contribution in [0.4, 0.5) is 5.82 Å². The summed E-state index contributed by atoms with van der Waals surface area (Å²) in [7, 11) is 0. The first-order valence-electron chi connectivity index (χ1n) is 7.64. The van der Waals surface area contributed by atoms with Gasteiger partial charge in [-0.2, -0.15) is 0 Å². The Morgan fingerprint density at radius 3 is 2.19 bits per heavy atom. The highest BCUT2D eigenvalue weighted by Crippen LogP contribution is 2.44. The zero-order chi connectivity index (χ0) is 20.9. The number of carboxylic acids is 1. The zero-order valence-electron chi connectivity index (χ0n) is 14.7. The fourth-order valence-electron chi connectivity index (χ4n) is 3.18. The molecule has 4 atom stereocenters. The Bertz CT molecular complexity index is 850. The topological polar surface area (TPSA) is 202 Å². The van der Waals surface area contributed by atoms with Gasteiger partial charge < -0.3 is 30.9 Å². The number of hydrogen-bond acceptors (Lipinski definition) is 10. The van der Waals surface area contributed by atoms with Gasteiger partial charge in [-0.05, 0) is 20.8 Å². The number of aliphatic hydroxyl groups is 3. The van der Waals surface area contributed by atoms with Gasteiger partial charge in [0.15, 0.2) is 40.3 Å². The van der Waals surface area contributed by atoms with Gasteiger partial charge in [-0.15, -0.1) is 0 Å². The number of nitrogens with two attached hydrogens (primary N) is 1. The smallest absolute Gasteiger partial charge is 0.358 e. The van der Waals surface area contributed by atoms with Gasteiger partial charge in [0.1, 0.15) is 12.1 Å². The molecule has 0 saturated carbocycles. The molecule has 1 aromatic rings. The van der Waals surface area contributed by atoms with Gasteiger partial charge in [0.05, 0.1) is 6.61 Å². The number of ether oxygens (including phenoxy) is 1. The summed E-state index contributed by atoms with van der Waals surface area (Å²) in [6, 6.07) is 0. The second kappa shape index (κ2) is 6.20. The van der Waals surface area contributed by atoms with E-state index in [-0.39, 0.29) is 0 Å². The number of hydrogen-bond donors (Lipinski definition) is 5. The number of carbonyl (C=O) groups is 4. The number of aromatic nitrogens is 2. The summed E-state index contributed by atoms with van der Waals surface area (Å²) in [5.41, 5.74) is -3.80. The van der Waals surface area contributed by atoms with Crippen molar-refractivity contribution in [2.45, 2.75) is 43.8 Å². The summed E-state index contributed by atoms with van der Waals surface area (Å²) >= 11 is 0. The Hall–Kier alpha value is -2.67. The average Bonchev–Trinajstić information content (AvgIpc) is 3.07. The van der Waals surface area contributed by atoms with Crippen molar-refractivity contribution < 1.29 is 44.3 Å². The second-order valence-corrected chi connectivity index (χ2v) is 6.37. The van der Waals surface area contributed by atoms with E-state index in [1.807, 2.05) is 0 Å². The van der Waals surface area contributed by atoms with E-state index >= 15 is 0 Å². The molecular formula is C15H19N3O9. The Morgan fingerprint density at radius 2 is 1.81 bits per heavy atom. The summed E-state index contributed by atoms with van der Waals surface area (Å²) in [6.07, 6.45) is -1.48. The monoisotopic (exact) mass is 385 g/mol. The predicted octanol–water partition coefficient (Wildman–Crippen LogP) is -2.56. The third-order valence-corrected chi connectivity index (χ3v) is 4.85. The molecule has 1 unspecified atom stereocenters. The normalized spacial score (nSPS) is 29.9. The van der Waals surface area contributed by atoms with Crippen molar-refractivity contribution in [2.75, 3.05) is 12.3 Å². The molecule has 2 rings (SSSR count). The lowest BCUT2D eigenvalue weighted by Gasteiger charge is -2.41. The number of carbonyl (C=O) groups excluding carboxylic acids is 3. The predicted molar refractivity (Wildman–Crippen MR) is 85.5 cm³/mol. The molecule has 1 fully saturated rings. The van der Waals surface area contributed by atoms with Crippen molar-refractivity contribution >= 4 is 29.1 Å². The molecule has 0 aliphatic carbocycles. The number of anilines is 1. The SMILES string of the molecule is CC(=O)C(O)([C@H]1OC[C@@](O)(C(C)=O)[C@@]1(O)C(C)=O)n1cnc(C(=O)O)c1N. The molecule has 0 radical (unpaired) electrons. The van der Waals surface area contributed by atoms with Crippen LogP contribution in [0.5, 0.6) is 0 Å². The lowest BCUT2D eigenvalue weighted by Crippen LogP contribution is -2.70. The number of nitrogens with zero attached hydrogens (tertiary/aromatic N) is 2. The molecule has 0 spiro atoms. The first-order chi connectivity index (χ1) is 12.3. The van der Waals surface area contributed by atoms with Crippen molar-refractivity contribution in [3.8, 4) is 0 Å². The lowest BCUT2D eigenvalue weighted by molar-refractivity contribution is -0.209. The van der Waals surface area contributed by atoms with Gasteiger partial charge >= 0.3 is 5.97 Å². The summed E-state index contributed by atoms with van der Waals surface area (Å²) in [4.78, 5) is 51.0. The maximum absolute atomic E-state index is 12.3. The van der Waals surface area contributed by atoms with E-state index in [2.05, 4.69) is 4.98 Å². The lowest BCUT2D eigenvalue weighted by atomic mass is 9.72. The van der Waals surface area contributed by atoms with Crippen molar-refractivity contribution in [1.82, 2.24) is 9.55 Å². The van der Waals surface area contributed by atoms with Crippen LogP contribution in [0.1, 0.15) is 31.3 Å². The highest BCUT2D eigenvalue weighted by molar-refractivity contribution is 6.00. The van der Waals surface area contributed by atoms with Gasteiger partial charge in [-0.3, -0.25) is 19.0 Å². The molecule has 27 heavy (non-hydrogen) atoms. The van der Waals surface area contributed by atoms with Crippen LogP contribution in [0, 0.1) is 0 Å². The number of ketones is 3. The molecule has 0 bridgehead atoms. The number of carboxylic acid groups (broad SMARTS) is 1. The number of Topliss-reactive ketones (excluding diaryl/α,β-unsaturated/α-hetero) is 3. The number of aromatic carboxylic acids is 1. The summed E-state index contributed by atoms with van der Waals surface area (Å²) in [6.45, 7) is 1.67. The van der Waals surface area contributed by atoms with Crippen LogP contribution in [-0.4, -0.2) is 77.2 Å². The zero-order valence-corrected chi connectivity index (χ0v) is 14.7. The van der Waals surface area contributed by atoms with Crippen molar-refractivity contribution in [3.63, 3.8) is 0 Å². The molecule has 1 aliphatic rings. The molecule has 12 nitrogen and oxygen atoms in total. The van der Waals surface area contributed by atoms with E-state index in [1.54, 1.807) is 0 Å². The molecule has 148 valence electrons. The maximum atomic E-state index is 12.3. The minimum absolute atomic E-state index is 0.503. The molecule has 1 aliphatic heterocycles. The molecule has 2 heterocycles. The molecule has 6 N–H and O–H groups in total. The quantitative estimate of drug-likeness (QED) is 0.344. The van der Waals surface area contributed by atoms with E-state index in [4.69, 9.17) is 15.6 Å². The number of nitrogen functional groups attached to an aromatic ring is 1. The van der Waals surface area contributed by atoms with Crippen molar-refractivity contribution in [3.05, 3.63) is 12.0 Å². The van der Waals surface area contributed by atoms with E-state index in [0.717, 1.165) is 20.8 Å². The summed E-state index contributed by atoms with van der Waals surface area (Å²) in [5.74, 6) is -5.57. The Morgan fingerprint density at radius 1 is 1.26 bits per heavy atom. The minimum Gasteiger partial charge on any atom is -0.476 e. The van der Waals surface area contributed by atoms with Crippen LogP contribution in [0.15, 0.2) is 6.33 Å². The first-order valence-corrected chi connectivity index (χ1v) is 7.64.